The lowest BCUT2D eigenvalue weighted by atomic mass is 9.88. The molecule has 0 spiro atoms. The maximum atomic E-state index is 13.7. The highest BCUT2D eigenvalue weighted by molar-refractivity contribution is 9.10. The molecule has 1 N–H and O–H groups in total. The first-order valence-electron chi connectivity index (χ1n) is 11.4. The van der Waals surface area contributed by atoms with Crippen molar-refractivity contribution in [1.29, 1.82) is 0 Å². The molecule has 0 saturated carbocycles. The van der Waals surface area contributed by atoms with Gasteiger partial charge in [-0.2, -0.15) is 0 Å². The third-order valence-electron chi connectivity index (χ3n) is 5.77. The Morgan fingerprint density at radius 1 is 0.879 bits per heavy atom. The van der Waals surface area contributed by atoms with Gasteiger partial charge in [0.15, 0.2) is 0 Å². The zero-order chi connectivity index (χ0) is 23.6. The van der Waals surface area contributed by atoms with Crippen molar-refractivity contribution < 1.29 is 9.59 Å². The Labute approximate surface area is 205 Å². The largest absolute Gasteiger partial charge is 0.354 e. The Morgan fingerprint density at radius 2 is 1.42 bits per heavy atom. The third-order valence-corrected chi connectivity index (χ3v) is 6.29. The highest BCUT2D eigenvalue weighted by Gasteiger charge is 2.28. The summed E-state index contributed by atoms with van der Waals surface area (Å²) in [5.74, 6) is -0.258. The summed E-state index contributed by atoms with van der Waals surface area (Å²) in [5, 5.41) is 2.94. The molecule has 0 aromatic heterocycles. The molecule has 0 heterocycles. The summed E-state index contributed by atoms with van der Waals surface area (Å²) >= 11 is 3.46. The topological polar surface area (TPSA) is 49.4 Å². The van der Waals surface area contributed by atoms with Gasteiger partial charge in [0.2, 0.25) is 11.8 Å². The van der Waals surface area contributed by atoms with Gasteiger partial charge in [0.1, 0.15) is 6.04 Å². The third kappa shape index (κ3) is 7.03. The van der Waals surface area contributed by atoms with Crippen LogP contribution in [0.2, 0.25) is 0 Å². The van der Waals surface area contributed by atoms with E-state index in [1.54, 1.807) is 4.90 Å². The van der Waals surface area contributed by atoms with Gasteiger partial charge < -0.3 is 10.2 Å². The van der Waals surface area contributed by atoms with Crippen LogP contribution in [0.15, 0.2) is 89.4 Å². The molecule has 0 fully saturated rings. The van der Waals surface area contributed by atoms with E-state index in [9.17, 15) is 9.59 Å². The normalized spacial score (nSPS) is 11.8. The van der Waals surface area contributed by atoms with Crippen LogP contribution in [0.4, 0.5) is 0 Å². The van der Waals surface area contributed by atoms with Crippen LogP contribution in [-0.4, -0.2) is 29.3 Å². The van der Waals surface area contributed by atoms with Gasteiger partial charge in [0.05, 0.1) is 0 Å². The van der Waals surface area contributed by atoms with Crippen molar-refractivity contribution >= 4 is 27.7 Å². The second-order valence-corrected chi connectivity index (χ2v) is 9.11. The Bertz CT molecular complexity index is 983. The number of halogens is 1. The molecule has 33 heavy (non-hydrogen) atoms. The number of hydrogen-bond acceptors (Lipinski definition) is 2. The van der Waals surface area contributed by atoms with Crippen molar-refractivity contribution in [2.75, 3.05) is 6.54 Å². The highest BCUT2D eigenvalue weighted by atomic mass is 79.9. The van der Waals surface area contributed by atoms with Gasteiger partial charge in [-0.3, -0.25) is 9.59 Å². The van der Waals surface area contributed by atoms with Gasteiger partial charge >= 0.3 is 0 Å². The standard InChI is InChI=1S/C28H31BrN2O2/c1-3-18-30-28(33)21(2)31(20-22-14-16-25(29)17-15-22)27(32)19-26(23-10-6-4-7-11-23)24-12-8-5-9-13-24/h4-17,21,26H,3,18-20H2,1-2H3,(H,30,33)/t21-/m1/s1. The molecule has 4 nitrogen and oxygen atoms in total. The second kappa shape index (κ2) is 12.4. The summed E-state index contributed by atoms with van der Waals surface area (Å²) in [6.07, 6.45) is 1.14. The molecule has 5 heteroatoms. The molecule has 3 rings (SSSR count). The molecule has 0 radical (unpaired) electrons. The van der Waals surface area contributed by atoms with E-state index in [4.69, 9.17) is 0 Å². The van der Waals surface area contributed by atoms with Crippen molar-refractivity contribution in [1.82, 2.24) is 10.2 Å². The molecule has 0 unspecified atom stereocenters. The highest BCUT2D eigenvalue weighted by Crippen LogP contribution is 2.29. The summed E-state index contributed by atoms with van der Waals surface area (Å²) in [6.45, 7) is 4.80. The first-order valence-corrected chi connectivity index (χ1v) is 12.2. The quantitative estimate of drug-likeness (QED) is 0.371. The first kappa shape index (κ1) is 24.7. The van der Waals surface area contributed by atoms with E-state index in [1.165, 1.54) is 0 Å². The number of hydrogen-bond donors (Lipinski definition) is 1. The Hall–Kier alpha value is -2.92. The molecule has 0 saturated heterocycles. The fraction of sp³-hybridized carbons (Fsp3) is 0.286. The molecule has 3 aromatic carbocycles. The zero-order valence-electron chi connectivity index (χ0n) is 19.2. The van der Waals surface area contributed by atoms with Crippen LogP contribution in [0.5, 0.6) is 0 Å². The fourth-order valence-electron chi connectivity index (χ4n) is 3.86. The van der Waals surface area contributed by atoms with Gasteiger partial charge in [-0.15, -0.1) is 0 Å². The van der Waals surface area contributed by atoms with Crippen LogP contribution in [0.1, 0.15) is 49.3 Å². The van der Waals surface area contributed by atoms with E-state index in [0.717, 1.165) is 27.6 Å². The molecule has 0 aliphatic rings. The Kier molecular flexibility index (Phi) is 9.25. The maximum absolute atomic E-state index is 13.7. The average Bonchev–Trinajstić information content (AvgIpc) is 2.86. The van der Waals surface area contributed by atoms with Crippen molar-refractivity contribution in [2.24, 2.45) is 0 Å². The van der Waals surface area contributed by atoms with Gasteiger partial charge in [0.25, 0.3) is 0 Å². The molecule has 1 atom stereocenters. The number of carbonyl (C=O) groups is 2. The summed E-state index contributed by atoms with van der Waals surface area (Å²) in [6, 6.07) is 27.5. The predicted molar refractivity (Wildman–Crippen MR) is 137 cm³/mol. The van der Waals surface area contributed by atoms with E-state index in [2.05, 4.69) is 45.5 Å². The molecule has 172 valence electrons. The molecule has 0 bridgehead atoms. The maximum Gasteiger partial charge on any atom is 0.242 e. The SMILES string of the molecule is CCCNC(=O)[C@@H](C)N(Cc1ccc(Br)cc1)C(=O)CC(c1ccccc1)c1ccccc1. The number of nitrogens with zero attached hydrogens (tertiary/aromatic N) is 1. The lowest BCUT2D eigenvalue weighted by molar-refractivity contribution is -0.140. The summed E-state index contributed by atoms with van der Waals surface area (Å²) < 4.78 is 0.978. The zero-order valence-corrected chi connectivity index (χ0v) is 20.8. The lowest BCUT2D eigenvalue weighted by Crippen LogP contribution is -2.48. The van der Waals surface area contributed by atoms with Crippen LogP contribution < -0.4 is 5.32 Å². The van der Waals surface area contributed by atoms with Gasteiger partial charge in [0, 0.05) is 29.9 Å². The van der Waals surface area contributed by atoms with Crippen LogP contribution in [0.25, 0.3) is 0 Å². The predicted octanol–water partition coefficient (Wildman–Crippen LogP) is 5.91. The van der Waals surface area contributed by atoms with Crippen molar-refractivity contribution in [3.8, 4) is 0 Å². The van der Waals surface area contributed by atoms with E-state index >= 15 is 0 Å². The van der Waals surface area contributed by atoms with Crippen molar-refractivity contribution in [2.45, 2.75) is 45.2 Å². The lowest BCUT2D eigenvalue weighted by Gasteiger charge is -2.30. The monoisotopic (exact) mass is 506 g/mol. The van der Waals surface area contributed by atoms with Crippen molar-refractivity contribution in [3.05, 3.63) is 106 Å². The van der Waals surface area contributed by atoms with Crippen LogP contribution in [0, 0.1) is 0 Å². The Balaban J connectivity index is 1.89. The van der Waals surface area contributed by atoms with E-state index in [1.807, 2.05) is 74.5 Å². The number of nitrogens with one attached hydrogen (secondary N) is 1. The summed E-state index contributed by atoms with van der Waals surface area (Å²) in [7, 11) is 0. The summed E-state index contributed by atoms with van der Waals surface area (Å²) in [4.78, 5) is 28.2. The van der Waals surface area contributed by atoms with E-state index in [0.29, 0.717) is 13.1 Å². The van der Waals surface area contributed by atoms with Crippen LogP contribution in [-0.2, 0) is 16.1 Å². The minimum Gasteiger partial charge on any atom is -0.354 e. The van der Waals surface area contributed by atoms with E-state index in [-0.39, 0.29) is 24.2 Å². The molecular formula is C28H31BrN2O2. The van der Waals surface area contributed by atoms with Gasteiger partial charge in [-0.05, 0) is 42.2 Å². The minimum atomic E-state index is -0.570. The molecule has 3 aromatic rings. The minimum absolute atomic E-state index is 0.0465. The smallest absolute Gasteiger partial charge is 0.242 e. The van der Waals surface area contributed by atoms with Gasteiger partial charge in [-0.25, -0.2) is 0 Å². The fourth-order valence-corrected chi connectivity index (χ4v) is 4.12. The molecule has 0 aliphatic heterocycles. The molecule has 2 amide bonds. The van der Waals surface area contributed by atoms with Crippen LogP contribution in [0.3, 0.4) is 0 Å². The number of rotatable bonds is 10. The van der Waals surface area contributed by atoms with Gasteiger partial charge in [-0.1, -0.05) is 95.7 Å². The second-order valence-electron chi connectivity index (χ2n) is 8.19. The van der Waals surface area contributed by atoms with Crippen LogP contribution >= 0.6 is 15.9 Å². The molecular weight excluding hydrogens is 476 g/mol. The number of carbonyl (C=O) groups excluding carboxylic acids is 2. The average molecular weight is 507 g/mol. The Morgan fingerprint density at radius 3 is 1.94 bits per heavy atom. The molecule has 0 aliphatic carbocycles. The first-order chi connectivity index (χ1) is 16.0. The van der Waals surface area contributed by atoms with Crippen molar-refractivity contribution in [3.63, 3.8) is 0 Å². The summed E-state index contributed by atoms with van der Waals surface area (Å²) in [5.41, 5.74) is 3.16. The van der Waals surface area contributed by atoms with E-state index < -0.39 is 6.04 Å². The number of amides is 2. The number of benzene rings is 3.